The number of aromatic amines is 1. The Bertz CT molecular complexity index is 990. The van der Waals surface area contributed by atoms with Gasteiger partial charge in [-0.2, -0.15) is 0 Å². The summed E-state index contributed by atoms with van der Waals surface area (Å²) in [6.07, 6.45) is 4.67. The number of hydrogen-bond acceptors (Lipinski definition) is 5. The van der Waals surface area contributed by atoms with E-state index in [1.54, 1.807) is 18.4 Å². The molecule has 1 atom stereocenters. The van der Waals surface area contributed by atoms with Crippen molar-refractivity contribution in [3.63, 3.8) is 0 Å². The lowest BCUT2D eigenvalue weighted by Crippen LogP contribution is -2.36. The van der Waals surface area contributed by atoms with Crippen molar-refractivity contribution in [2.24, 2.45) is 0 Å². The summed E-state index contributed by atoms with van der Waals surface area (Å²) in [5.41, 5.74) is 0.474. The number of rotatable bonds is 7. The zero-order chi connectivity index (χ0) is 19.3. The van der Waals surface area contributed by atoms with Crippen molar-refractivity contribution in [2.75, 3.05) is 19.6 Å². The van der Waals surface area contributed by atoms with Crippen molar-refractivity contribution in [3.05, 3.63) is 64.6 Å². The molecule has 1 aliphatic heterocycles. The Morgan fingerprint density at radius 2 is 2.04 bits per heavy atom. The molecular formula is C21H24N4O3. The molecule has 2 aromatic heterocycles. The first-order valence-corrected chi connectivity index (χ1v) is 9.73. The van der Waals surface area contributed by atoms with E-state index in [4.69, 9.17) is 4.42 Å². The summed E-state index contributed by atoms with van der Waals surface area (Å²) in [5, 5.41) is 3.57. The van der Waals surface area contributed by atoms with Crippen molar-refractivity contribution in [1.82, 2.24) is 20.2 Å². The van der Waals surface area contributed by atoms with E-state index in [2.05, 4.69) is 20.2 Å². The van der Waals surface area contributed by atoms with Gasteiger partial charge in [0.15, 0.2) is 0 Å². The Labute approximate surface area is 162 Å². The van der Waals surface area contributed by atoms with Crippen LogP contribution in [-0.2, 0) is 11.2 Å². The first-order valence-electron chi connectivity index (χ1n) is 9.73. The summed E-state index contributed by atoms with van der Waals surface area (Å²) in [5.74, 6) is 1.34. The van der Waals surface area contributed by atoms with Crippen LogP contribution in [0.2, 0.25) is 0 Å². The molecule has 4 rings (SSSR count). The molecule has 0 bridgehead atoms. The Hall–Kier alpha value is -2.93. The Balaban J connectivity index is 1.35. The van der Waals surface area contributed by atoms with Crippen molar-refractivity contribution in [2.45, 2.75) is 31.7 Å². The maximum Gasteiger partial charge on any atom is 0.258 e. The van der Waals surface area contributed by atoms with Crippen molar-refractivity contribution >= 4 is 16.8 Å². The number of likely N-dealkylation sites (tertiary alicyclic amines) is 1. The molecule has 2 N–H and O–H groups in total. The molecule has 0 saturated carbocycles. The average molecular weight is 380 g/mol. The number of H-pyrrole nitrogens is 1. The number of aryl methyl sites for hydroxylation is 1. The molecule has 1 aliphatic rings. The average Bonchev–Trinajstić information content (AvgIpc) is 3.41. The number of furan rings is 1. The number of fused-ring (bicyclic) bond motifs is 1. The molecule has 0 radical (unpaired) electrons. The van der Waals surface area contributed by atoms with Gasteiger partial charge < -0.3 is 14.7 Å². The van der Waals surface area contributed by atoms with Crippen LogP contribution in [0.25, 0.3) is 10.9 Å². The minimum Gasteiger partial charge on any atom is -0.468 e. The number of nitrogens with one attached hydrogen (secondary N) is 2. The van der Waals surface area contributed by atoms with E-state index in [0.717, 1.165) is 18.8 Å². The lowest BCUT2D eigenvalue weighted by Gasteiger charge is -2.26. The van der Waals surface area contributed by atoms with E-state index in [0.29, 0.717) is 29.7 Å². The molecule has 1 fully saturated rings. The fraction of sp³-hybridized carbons (Fsp3) is 0.381. The van der Waals surface area contributed by atoms with Gasteiger partial charge >= 0.3 is 0 Å². The molecular weight excluding hydrogens is 356 g/mol. The molecule has 3 aromatic rings. The summed E-state index contributed by atoms with van der Waals surface area (Å²) in [6.45, 7) is 2.54. The van der Waals surface area contributed by atoms with Crippen molar-refractivity contribution in [3.8, 4) is 0 Å². The summed E-state index contributed by atoms with van der Waals surface area (Å²) >= 11 is 0. The normalized spacial score (nSPS) is 15.7. The van der Waals surface area contributed by atoms with Gasteiger partial charge in [-0.05, 0) is 50.2 Å². The van der Waals surface area contributed by atoms with Gasteiger partial charge in [0, 0.05) is 19.4 Å². The molecule has 1 saturated heterocycles. The van der Waals surface area contributed by atoms with E-state index < -0.39 is 0 Å². The molecule has 28 heavy (non-hydrogen) atoms. The minimum atomic E-state index is -0.173. The molecule has 146 valence electrons. The number of carbonyl (C=O) groups excluding carboxylic acids is 1. The van der Waals surface area contributed by atoms with Crippen LogP contribution in [0.1, 0.15) is 36.9 Å². The van der Waals surface area contributed by atoms with Crippen LogP contribution in [-0.4, -0.2) is 40.4 Å². The van der Waals surface area contributed by atoms with Crippen molar-refractivity contribution < 1.29 is 9.21 Å². The number of amides is 1. The van der Waals surface area contributed by atoms with Crippen LogP contribution in [0, 0.1) is 0 Å². The predicted octanol–water partition coefficient (Wildman–Crippen LogP) is 2.40. The molecule has 0 unspecified atom stereocenters. The van der Waals surface area contributed by atoms with Gasteiger partial charge in [-0.15, -0.1) is 0 Å². The van der Waals surface area contributed by atoms with E-state index in [-0.39, 0.29) is 23.9 Å². The Morgan fingerprint density at radius 1 is 1.21 bits per heavy atom. The topological polar surface area (TPSA) is 91.2 Å². The van der Waals surface area contributed by atoms with Crippen molar-refractivity contribution in [1.29, 1.82) is 0 Å². The zero-order valence-corrected chi connectivity index (χ0v) is 15.7. The maximum absolute atomic E-state index is 12.4. The van der Waals surface area contributed by atoms with Gasteiger partial charge in [-0.25, -0.2) is 4.98 Å². The van der Waals surface area contributed by atoms with Gasteiger partial charge in [0.25, 0.3) is 5.56 Å². The van der Waals surface area contributed by atoms with Gasteiger partial charge in [0.2, 0.25) is 5.91 Å². The van der Waals surface area contributed by atoms with Gasteiger partial charge in [-0.3, -0.25) is 14.5 Å². The molecule has 0 spiro atoms. The smallest absolute Gasteiger partial charge is 0.258 e. The molecule has 1 aromatic carbocycles. The predicted molar refractivity (Wildman–Crippen MR) is 106 cm³/mol. The van der Waals surface area contributed by atoms with Gasteiger partial charge in [0.1, 0.15) is 11.6 Å². The monoisotopic (exact) mass is 380 g/mol. The number of nitrogens with zero attached hydrogens (tertiary/aromatic N) is 2. The van der Waals surface area contributed by atoms with Crippen LogP contribution >= 0.6 is 0 Å². The lowest BCUT2D eigenvalue weighted by atomic mass is 10.2. The number of carbonyl (C=O) groups is 1. The number of hydrogen-bond donors (Lipinski definition) is 2. The number of aromatic nitrogens is 2. The first-order chi connectivity index (χ1) is 13.7. The van der Waals surface area contributed by atoms with Crippen LogP contribution in [0.3, 0.4) is 0 Å². The Kier molecular flexibility index (Phi) is 5.53. The first kappa shape index (κ1) is 18.4. The Morgan fingerprint density at radius 3 is 2.82 bits per heavy atom. The third-order valence-corrected chi connectivity index (χ3v) is 5.20. The zero-order valence-electron chi connectivity index (χ0n) is 15.7. The fourth-order valence-corrected chi connectivity index (χ4v) is 3.73. The number of benzene rings is 1. The quantitative estimate of drug-likeness (QED) is 0.657. The van der Waals surface area contributed by atoms with E-state index >= 15 is 0 Å². The standard InChI is InChI=1S/C21H24N4O3/c26-20(10-9-19-23-16-7-2-1-6-15(16)21(27)24-19)22-14-17(18-8-5-13-28-18)25-11-3-4-12-25/h1-2,5-8,13,17H,3-4,9-12,14H2,(H,22,26)(H,23,24,27)/t17-/m0/s1. The second kappa shape index (κ2) is 8.39. The fourth-order valence-electron chi connectivity index (χ4n) is 3.73. The molecule has 0 aliphatic carbocycles. The van der Waals surface area contributed by atoms with E-state index in [1.807, 2.05) is 24.3 Å². The van der Waals surface area contributed by atoms with Crippen LogP contribution in [0.4, 0.5) is 0 Å². The summed E-state index contributed by atoms with van der Waals surface area (Å²) in [4.78, 5) is 34.1. The second-order valence-electron chi connectivity index (χ2n) is 7.11. The molecule has 3 heterocycles. The van der Waals surface area contributed by atoms with E-state index in [9.17, 15) is 9.59 Å². The summed E-state index contributed by atoms with van der Waals surface area (Å²) < 4.78 is 5.58. The minimum absolute atomic E-state index is 0.0556. The van der Waals surface area contributed by atoms with Crippen LogP contribution < -0.4 is 10.9 Å². The SMILES string of the molecule is O=C(CCc1nc2ccccc2c(=O)[nH]1)NC[C@@H](c1ccco1)N1CCCC1. The van der Waals surface area contributed by atoms with Gasteiger partial charge in [-0.1, -0.05) is 12.1 Å². The number of para-hydroxylation sites is 1. The van der Waals surface area contributed by atoms with Crippen LogP contribution in [0.15, 0.2) is 51.9 Å². The second-order valence-corrected chi connectivity index (χ2v) is 7.11. The maximum atomic E-state index is 12.4. The highest BCUT2D eigenvalue weighted by molar-refractivity contribution is 5.78. The molecule has 7 nitrogen and oxygen atoms in total. The van der Waals surface area contributed by atoms with Gasteiger partial charge in [0.05, 0.1) is 23.2 Å². The largest absolute Gasteiger partial charge is 0.468 e. The highest BCUT2D eigenvalue weighted by atomic mass is 16.3. The van der Waals surface area contributed by atoms with E-state index in [1.165, 1.54) is 12.8 Å². The van der Waals surface area contributed by atoms with Crippen LogP contribution in [0.5, 0.6) is 0 Å². The summed E-state index contributed by atoms with van der Waals surface area (Å²) in [7, 11) is 0. The molecule has 1 amide bonds. The lowest BCUT2D eigenvalue weighted by molar-refractivity contribution is -0.121. The highest BCUT2D eigenvalue weighted by Crippen LogP contribution is 2.24. The molecule has 7 heteroatoms. The summed E-state index contributed by atoms with van der Waals surface area (Å²) in [6, 6.07) is 11.1. The highest BCUT2D eigenvalue weighted by Gasteiger charge is 2.25. The third kappa shape index (κ3) is 4.14. The third-order valence-electron chi connectivity index (χ3n) is 5.20.